The summed E-state index contributed by atoms with van der Waals surface area (Å²) < 4.78 is 6.37. The van der Waals surface area contributed by atoms with Crippen LogP contribution in [0.15, 0.2) is 53.0 Å². The second-order valence-corrected chi connectivity index (χ2v) is 5.79. The molecule has 2 aromatic carbocycles. The normalized spacial score (nSPS) is 11.8. The van der Waals surface area contributed by atoms with Gasteiger partial charge in [0, 0.05) is 4.47 Å². The SMILES string of the molecule is C[C@H](NC(=O)COc1ccccc1Cl)c1ccccc1Br. The minimum Gasteiger partial charge on any atom is -0.482 e. The predicted octanol–water partition coefficient (Wildman–Crippen LogP) is 4.36. The van der Waals surface area contributed by atoms with Crippen LogP contribution in [-0.2, 0) is 4.79 Å². The average molecular weight is 369 g/mol. The lowest BCUT2D eigenvalue weighted by Gasteiger charge is -2.16. The summed E-state index contributed by atoms with van der Waals surface area (Å²) in [6.07, 6.45) is 0. The molecular weight excluding hydrogens is 354 g/mol. The molecule has 110 valence electrons. The van der Waals surface area contributed by atoms with E-state index in [1.165, 1.54) is 0 Å². The van der Waals surface area contributed by atoms with Gasteiger partial charge in [0.15, 0.2) is 6.61 Å². The van der Waals surface area contributed by atoms with Crippen LogP contribution in [0.1, 0.15) is 18.5 Å². The van der Waals surface area contributed by atoms with E-state index in [1.54, 1.807) is 12.1 Å². The summed E-state index contributed by atoms with van der Waals surface area (Å²) >= 11 is 9.44. The number of para-hydroxylation sites is 1. The van der Waals surface area contributed by atoms with Crippen LogP contribution in [-0.4, -0.2) is 12.5 Å². The standard InChI is InChI=1S/C16H15BrClNO2/c1-11(12-6-2-3-7-13(12)17)19-16(20)10-21-15-9-5-4-8-14(15)18/h2-9,11H,10H2,1H3,(H,19,20)/t11-/m0/s1. The lowest BCUT2D eigenvalue weighted by Crippen LogP contribution is -2.31. The molecule has 0 aliphatic rings. The molecule has 3 nitrogen and oxygen atoms in total. The van der Waals surface area contributed by atoms with Gasteiger partial charge >= 0.3 is 0 Å². The Labute approximate surface area is 137 Å². The van der Waals surface area contributed by atoms with Crippen LogP contribution in [0.3, 0.4) is 0 Å². The first kappa shape index (κ1) is 15.9. The Morgan fingerprint density at radius 3 is 2.62 bits per heavy atom. The van der Waals surface area contributed by atoms with Gasteiger partial charge in [-0.15, -0.1) is 0 Å². The third-order valence-corrected chi connectivity index (χ3v) is 3.98. The molecule has 0 saturated heterocycles. The Kier molecular flexibility index (Phi) is 5.65. The molecule has 0 fully saturated rings. The largest absolute Gasteiger partial charge is 0.482 e. The lowest BCUT2D eigenvalue weighted by atomic mass is 10.1. The summed E-state index contributed by atoms with van der Waals surface area (Å²) in [4.78, 5) is 11.9. The van der Waals surface area contributed by atoms with Gasteiger partial charge in [-0.3, -0.25) is 4.79 Å². The van der Waals surface area contributed by atoms with E-state index in [2.05, 4.69) is 21.2 Å². The second kappa shape index (κ2) is 7.48. The van der Waals surface area contributed by atoms with E-state index in [9.17, 15) is 4.79 Å². The van der Waals surface area contributed by atoms with Crippen LogP contribution < -0.4 is 10.1 Å². The summed E-state index contributed by atoms with van der Waals surface area (Å²) in [7, 11) is 0. The van der Waals surface area contributed by atoms with Gasteiger partial charge in [0.2, 0.25) is 0 Å². The summed E-state index contributed by atoms with van der Waals surface area (Å²) in [6.45, 7) is 1.85. The van der Waals surface area contributed by atoms with Crippen LogP contribution in [0, 0.1) is 0 Å². The number of hydrogen-bond acceptors (Lipinski definition) is 2. The predicted molar refractivity (Wildman–Crippen MR) is 87.6 cm³/mol. The van der Waals surface area contributed by atoms with Gasteiger partial charge in [-0.2, -0.15) is 0 Å². The number of ether oxygens (including phenoxy) is 1. The number of amides is 1. The van der Waals surface area contributed by atoms with Crippen LogP contribution >= 0.6 is 27.5 Å². The molecule has 0 aliphatic heterocycles. The van der Waals surface area contributed by atoms with E-state index in [-0.39, 0.29) is 18.6 Å². The maximum atomic E-state index is 11.9. The van der Waals surface area contributed by atoms with Gasteiger partial charge in [-0.1, -0.05) is 57.9 Å². The molecule has 0 bridgehead atoms. The summed E-state index contributed by atoms with van der Waals surface area (Å²) in [5.41, 5.74) is 1.02. The van der Waals surface area contributed by atoms with Crippen molar-refractivity contribution in [3.63, 3.8) is 0 Å². The summed E-state index contributed by atoms with van der Waals surface area (Å²) in [6, 6.07) is 14.7. The zero-order valence-electron chi connectivity index (χ0n) is 11.5. The van der Waals surface area contributed by atoms with Crippen molar-refractivity contribution < 1.29 is 9.53 Å². The fraction of sp³-hybridized carbons (Fsp3) is 0.188. The molecule has 5 heteroatoms. The van der Waals surface area contributed by atoms with Crippen LogP contribution in [0.25, 0.3) is 0 Å². The van der Waals surface area contributed by atoms with Crippen molar-refractivity contribution in [2.24, 2.45) is 0 Å². The minimum atomic E-state index is -0.196. The zero-order chi connectivity index (χ0) is 15.2. The highest BCUT2D eigenvalue weighted by Gasteiger charge is 2.12. The van der Waals surface area contributed by atoms with Crippen LogP contribution in [0.4, 0.5) is 0 Å². The van der Waals surface area contributed by atoms with Gasteiger partial charge in [0.25, 0.3) is 5.91 Å². The monoisotopic (exact) mass is 367 g/mol. The number of hydrogen-bond donors (Lipinski definition) is 1. The topological polar surface area (TPSA) is 38.3 Å². The number of nitrogens with one attached hydrogen (secondary N) is 1. The fourth-order valence-corrected chi connectivity index (χ4v) is 2.71. The van der Waals surface area contributed by atoms with E-state index in [4.69, 9.17) is 16.3 Å². The van der Waals surface area contributed by atoms with E-state index in [1.807, 2.05) is 43.3 Å². The molecule has 21 heavy (non-hydrogen) atoms. The number of carbonyl (C=O) groups excluding carboxylic acids is 1. The highest BCUT2D eigenvalue weighted by molar-refractivity contribution is 9.10. The van der Waals surface area contributed by atoms with E-state index < -0.39 is 0 Å². The maximum absolute atomic E-state index is 11.9. The molecule has 1 amide bonds. The summed E-state index contributed by atoms with van der Waals surface area (Å²) in [5, 5.41) is 3.38. The third-order valence-electron chi connectivity index (χ3n) is 2.94. The molecule has 1 atom stereocenters. The third kappa shape index (κ3) is 4.48. The molecule has 0 aromatic heterocycles. The van der Waals surface area contributed by atoms with Gasteiger partial charge < -0.3 is 10.1 Å². The van der Waals surface area contributed by atoms with Crippen molar-refractivity contribution in [1.29, 1.82) is 0 Å². The first-order valence-electron chi connectivity index (χ1n) is 6.49. The van der Waals surface area contributed by atoms with Crippen molar-refractivity contribution in [2.45, 2.75) is 13.0 Å². The molecule has 2 rings (SSSR count). The number of benzene rings is 2. The number of carbonyl (C=O) groups is 1. The molecule has 0 heterocycles. The smallest absolute Gasteiger partial charge is 0.258 e. The highest BCUT2D eigenvalue weighted by atomic mass is 79.9. The average Bonchev–Trinajstić information content (AvgIpc) is 2.46. The summed E-state index contributed by atoms with van der Waals surface area (Å²) in [5.74, 6) is 0.307. The van der Waals surface area contributed by atoms with Crippen molar-refractivity contribution in [1.82, 2.24) is 5.32 Å². The second-order valence-electron chi connectivity index (χ2n) is 4.53. The Balaban J connectivity index is 1.90. The van der Waals surface area contributed by atoms with E-state index >= 15 is 0 Å². The highest BCUT2D eigenvalue weighted by Crippen LogP contribution is 2.24. The van der Waals surface area contributed by atoms with Crippen molar-refractivity contribution in [2.75, 3.05) is 6.61 Å². The molecular formula is C16H15BrClNO2. The molecule has 0 spiro atoms. The molecule has 0 unspecified atom stereocenters. The first-order valence-corrected chi connectivity index (χ1v) is 7.66. The van der Waals surface area contributed by atoms with Crippen LogP contribution in [0.5, 0.6) is 5.75 Å². The van der Waals surface area contributed by atoms with Crippen molar-refractivity contribution in [3.05, 3.63) is 63.6 Å². The Morgan fingerprint density at radius 1 is 1.24 bits per heavy atom. The van der Waals surface area contributed by atoms with E-state index in [0.29, 0.717) is 10.8 Å². The Hall–Kier alpha value is -1.52. The van der Waals surface area contributed by atoms with Crippen LogP contribution in [0.2, 0.25) is 5.02 Å². The zero-order valence-corrected chi connectivity index (χ0v) is 13.8. The number of rotatable bonds is 5. The molecule has 2 aromatic rings. The number of halogens is 2. The Morgan fingerprint density at radius 2 is 1.90 bits per heavy atom. The van der Waals surface area contributed by atoms with Gasteiger partial charge in [0.05, 0.1) is 11.1 Å². The molecule has 1 N–H and O–H groups in total. The van der Waals surface area contributed by atoms with Gasteiger partial charge in [-0.05, 0) is 30.7 Å². The first-order chi connectivity index (χ1) is 10.1. The lowest BCUT2D eigenvalue weighted by molar-refractivity contribution is -0.123. The molecule has 0 saturated carbocycles. The van der Waals surface area contributed by atoms with Gasteiger partial charge in [0.1, 0.15) is 5.75 Å². The maximum Gasteiger partial charge on any atom is 0.258 e. The van der Waals surface area contributed by atoms with E-state index in [0.717, 1.165) is 10.0 Å². The quantitative estimate of drug-likeness (QED) is 0.851. The Bertz CT molecular complexity index is 633. The van der Waals surface area contributed by atoms with Crippen molar-refractivity contribution in [3.8, 4) is 5.75 Å². The van der Waals surface area contributed by atoms with Gasteiger partial charge in [-0.25, -0.2) is 0 Å². The van der Waals surface area contributed by atoms with Crippen molar-refractivity contribution >= 4 is 33.4 Å². The molecule has 0 aliphatic carbocycles. The molecule has 0 radical (unpaired) electrons. The fourth-order valence-electron chi connectivity index (χ4n) is 1.89. The minimum absolute atomic E-state index is 0.0709.